The predicted molar refractivity (Wildman–Crippen MR) is 82.3 cm³/mol. The molecule has 0 aliphatic rings. The smallest absolute Gasteiger partial charge is 0.238 e. The van der Waals surface area contributed by atoms with Gasteiger partial charge in [0.25, 0.3) is 0 Å². The minimum atomic E-state index is -0.0823. The highest BCUT2D eigenvalue weighted by Gasteiger charge is 2.07. The summed E-state index contributed by atoms with van der Waals surface area (Å²) in [5.74, 6) is 0.679. The van der Waals surface area contributed by atoms with E-state index in [-0.39, 0.29) is 18.5 Å². The number of carbonyl (C=O) groups excluding carboxylic acids is 1. The van der Waals surface area contributed by atoms with E-state index in [0.717, 1.165) is 17.0 Å². The molecule has 1 aromatic carbocycles. The Morgan fingerprint density at radius 1 is 1.19 bits per heavy atom. The van der Waals surface area contributed by atoms with Crippen LogP contribution in [0.15, 0.2) is 48.8 Å². The number of methoxy groups -OCH3 is 1. The zero-order valence-corrected chi connectivity index (χ0v) is 12.2. The van der Waals surface area contributed by atoms with Gasteiger partial charge in [-0.25, -0.2) is 0 Å². The first kappa shape index (κ1) is 15.0. The Kier molecular flexibility index (Phi) is 5.29. The molecule has 1 aromatic heterocycles. The van der Waals surface area contributed by atoms with E-state index >= 15 is 0 Å². The molecule has 110 valence electrons. The van der Waals surface area contributed by atoms with Crippen LogP contribution < -0.4 is 15.4 Å². The van der Waals surface area contributed by atoms with E-state index in [1.807, 2.05) is 43.3 Å². The molecule has 0 radical (unpaired) electrons. The lowest BCUT2D eigenvalue weighted by Gasteiger charge is -2.14. The molecule has 0 fully saturated rings. The number of pyridine rings is 1. The molecule has 2 N–H and O–H groups in total. The predicted octanol–water partition coefficient (Wildman–Crippen LogP) is 2.38. The number of rotatable bonds is 6. The maximum atomic E-state index is 11.9. The number of nitrogens with zero attached hydrogens (tertiary/aromatic N) is 1. The van der Waals surface area contributed by atoms with Gasteiger partial charge in [0.2, 0.25) is 5.91 Å². The van der Waals surface area contributed by atoms with Gasteiger partial charge >= 0.3 is 0 Å². The fourth-order valence-corrected chi connectivity index (χ4v) is 1.90. The molecule has 0 aliphatic carbocycles. The minimum Gasteiger partial charge on any atom is -0.497 e. The van der Waals surface area contributed by atoms with Crippen LogP contribution in [-0.4, -0.2) is 24.5 Å². The molecular formula is C16H19N3O2. The first-order valence-electron chi connectivity index (χ1n) is 6.76. The SMILES string of the molecule is COc1ccc(NC(=O)CN[C@H](C)c2ccncc2)cc1. The number of aromatic nitrogens is 1. The van der Waals surface area contributed by atoms with Crippen molar-refractivity contribution in [3.05, 3.63) is 54.4 Å². The molecule has 2 aromatic rings. The Morgan fingerprint density at radius 3 is 2.48 bits per heavy atom. The molecule has 5 nitrogen and oxygen atoms in total. The number of carbonyl (C=O) groups is 1. The van der Waals surface area contributed by atoms with Crippen molar-refractivity contribution >= 4 is 11.6 Å². The number of anilines is 1. The van der Waals surface area contributed by atoms with E-state index in [9.17, 15) is 4.79 Å². The summed E-state index contributed by atoms with van der Waals surface area (Å²) >= 11 is 0. The van der Waals surface area contributed by atoms with Crippen LogP contribution >= 0.6 is 0 Å². The number of hydrogen-bond donors (Lipinski definition) is 2. The number of hydrogen-bond acceptors (Lipinski definition) is 4. The largest absolute Gasteiger partial charge is 0.497 e. The molecule has 0 saturated carbocycles. The molecule has 1 heterocycles. The normalized spacial score (nSPS) is 11.7. The number of amides is 1. The number of ether oxygens (including phenoxy) is 1. The second kappa shape index (κ2) is 7.40. The van der Waals surface area contributed by atoms with Crippen LogP contribution in [0.2, 0.25) is 0 Å². The summed E-state index contributed by atoms with van der Waals surface area (Å²) in [4.78, 5) is 15.9. The highest BCUT2D eigenvalue weighted by atomic mass is 16.5. The molecule has 0 bridgehead atoms. The molecule has 21 heavy (non-hydrogen) atoms. The Hall–Kier alpha value is -2.40. The van der Waals surface area contributed by atoms with Crippen LogP contribution in [0.3, 0.4) is 0 Å². The first-order chi connectivity index (χ1) is 10.2. The summed E-state index contributed by atoms with van der Waals surface area (Å²) in [5.41, 5.74) is 1.85. The highest BCUT2D eigenvalue weighted by molar-refractivity contribution is 5.92. The lowest BCUT2D eigenvalue weighted by molar-refractivity contribution is -0.115. The van der Waals surface area contributed by atoms with Gasteiger partial charge in [-0.3, -0.25) is 9.78 Å². The Labute approximate surface area is 124 Å². The van der Waals surface area contributed by atoms with E-state index in [1.54, 1.807) is 19.5 Å². The van der Waals surface area contributed by atoms with Gasteiger partial charge in [0.15, 0.2) is 0 Å². The van der Waals surface area contributed by atoms with E-state index < -0.39 is 0 Å². The quantitative estimate of drug-likeness (QED) is 0.855. The summed E-state index contributed by atoms with van der Waals surface area (Å²) in [7, 11) is 1.61. The van der Waals surface area contributed by atoms with Gasteiger partial charge in [-0.1, -0.05) is 0 Å². The third kappa shape index (κ3) is 4.57. The van der Waals surface area contributed by atoms with Crippen LogP contribution in [0, 0.1) is 0 Å². The van der Waals surface area contributed by atoms with Gasteiger partial charge < -0.3 is 15.4 Å². The van der Waals surface area contributed by atoms with Crippen LogP contribution in [0.4, 0.5) is 5.69 Å². The lowest BCUT2D eigenvalue weighted by Crippen LogP contribution is -2.30. The van der Waals surface area contributed by atoms with Gasteiger partial charge in [0, 0.05) is 24.1 Å². The second-order valence-corrected chi connectivity index (χ2v) is 4.66. The molecule has 0 saturated heterocycles. The van der Waals surface area contributed by atoms with Crippen molar-refractivity contribution in [3.8, 4) is 5.75 Å². The fraction of sp³-hybridized carbons (Fsp3) is 0.250. The van der Waals surface area contributed by atoms with Gasteiger partial charge in [-0.05, 0) is 48.9 Å². The molecule has 2 rings (SSSR count). The maximum Gasteiger partial charge on any atom is 0.238 e. The van der Waals surface area contributed by atoms with Crippen molar-refractivity contribution in [2.24, 2.45) is 0 Å². The van der Waals surface area contributed by atoms with Crippen LogP contribution in [0.5, 0.6) is 5.75 Å². The van der Waals surface area contributed by atoms with E-state index in [1.165, 1.54) is 0 Å². The van der Waals surface area contributed by atoms with Crippen molar-refractivity contribution in [2.75, 3.05) is 19.0 Å². The van der Waals surface area contributed by atoms with Crippen molar-refractivity contribution in [3.63, 3.8) is 0 Å². The Balaban J connectivity index is 1.81. The van der Waals surface area contributed by atoms with Crippen LogP contribution in [0.1, 0.15) is 18.5 Å². The monoisotopic (exact) mass is 285 g/mol. The summed E-state index contributed by atoms with van der Waals surface area (Å²) in [6, 6.07) is 11.2. The summed E-state index contributed by atoms with van der Waals surface area (Å²) in [6.45, 7) is 2.26. The number of benzene rings is 1. The Morgan fingerprint density at radius 2 is 1.86 bits per heavy atom. The van der Waals surface area contributed by atoms with Crippen LogP contribution in [0.25, 0.3) is 0 Å². The summed E-state index contributed by atoms with van der Waals surface area (Å²) < 4.78 is 5.07. The third-order valence-corrected chi connectivity index (χ3v) is 3.15. The van der Waals surface area contributed by atoms with Gasteiger partial charge in [0.1, 0.15) is 5.75 Å². The molecular weight excluding hydrogens is 266 g/mol. The van der Waals surface area contributed by atoms with Crippen molar-refractivity contribution in [1.82, 2.24) is 10.3 Å². The summed E-state index contributed by atoms with van der Waals surface area (Å²) in [6.07, 6.45) is 3.48. The average Bonchev–Trinajstić information content (AvgIpc) is 2.54. The third-order valence-electron chi connectivity index (χ3n) is 3.15. The Bertz CT molecular complexity index is 570. The summed E-state index contributed by atoms with van der Waals surface area (Å²) in [5, 5.41) is 6.01. The van der Waals surface area contributed by atoms with Crippen molar-refractivity contribution in [1.29, 1.82) is 0 Å². The second-order valence-electron chi connectivity index (χ2n) is 4.66. The van der Waals surface area contributed by atoms with Crippen LogP contribution in [-0.2, 0) is 4.79 Å². The van der Waals surface area contributed by atoms with E-state index in [0.29, 0.717) is 0 Å². The molecule has 1 atom stereocenters. The van der Waals surface area contributed by atoms with E-state index in [4.69, 9.17) is 4.74 Å². The zero-order valence-electron chi connectivity index (χ0n) is 12.2. The van der Waals surface area contributed by atoms with E-state index in [2.05, 4.69) is 15.6 Å². The topological polar surface area (TPSA) is 63.2 Å². The molecule has 5 heteroatoms. The maximum absolute atomic E-state index is 11.9. The minimum absolute atomic E-state index is 0.0823. The molecule has 0 unspecified atom stereocenters. The first-order valence-corrected chi connectivity index (χ1v) is 6.76. The van der Waals surface area contributed by atoms with Gasteiger partial charge in [-0.2, -0.15) is 0 Å². The molecule has 0 aliphatic heterocycles. The molecule has 1 amide bonds. The van der Waals surface area contributed by atoms with Crippen molar-refractivity contribution in [2.45, 2.75) is 13.0 Å². The lowest BCUT2D eigenvalue weighted by atomic mass is 10.1. The van der Waals surface area contributed by atoms with Gasteiger partial charge in [-0.15, -0.1) is 0 Å². The zero-order chi connectivity index (χ0) is 15.1. The standard InChI is InChI=1S/C16H19N3O2/c1-12(13-7-9-17-10-8-13)18-11-16(20)19-14-3-5-15(21-2)6-4-14/h3-10,12,18H,11H2,1-2H3,(H,19,20)/t12-/m1/s1. The highest BCUT2D eigenvalue weighted by Crippen LogP contribution is 2.15. The fourth-order valence-electron chi connectivity index (χ4n) is 1.90. The van der Waals surface area contributed by atoms with Crippen molar-refractivity contribution < 1.29 is 9.53 Å². The molecule has 0 spiro atoms. The number of nitrogens with one attached hydrogen (secondary N) is 2. The average molecular weight is 285 g/mol. The van der Waals surface area contributed by atoms with Gasteiger partial charge in [0.05, 0.1) is 13.7 Å².